The van der Waals surface area contributed by atoms with Crippen molar-refractivity contribution in [3.05, 3.63) is 47.8 Å². The van der Waals surface area contributed by atoms with E-state index < -0.39 is 0 Å². The summed E-state index contributed by atoms with van der Waals surface area (Å²) in [6, 6.07) is 7.62. The van der Waals surface area contributed by atoms with E-state index in [9.17, 15) is 4.79 Å². The molecule has 3 heterocycles. The van der Waals surface area contributed by atoms with Crippen LogP contribution in [0.1, 0.15) is 28.8 Å². The Labute approximate surface area is 151 Å². The molecule has 2 aliphatic rings. The lowest BCUT2D eigenvalue weighted by molar-refractivity contribution is 0.0857. The van der Waals surface area contributed by atoms with Gasteiger partial charge in [-0.1, -0.05) is 6.07 Å². The fourth-order valence-electron chi connectivity index (χ4n) is 3.03. The second-order valence-corrected chi connectivity index (χ2v) is 6.35. The molecule has 2 aromatic rings. The van der Waals surface area contributed by atoms with E-state index in [0.29, 0.717) is 18.7 Å². The van der Waals surface area contributed by atoms with Gasteiger partial charge in [-0.05, 0) is 36.6 Å². The van der Waals surface area contributed by atoms with E-state index >= 15 is 0 Å². The molecule has 0 spiro atoms. The van der Waals surface area contributed by atoms with Gasteiger partial charge in [-0.25, -0.2) is 0 Å². The first-order valence-corrected chi connectivity index (χ1v) is 8.75. The molecule has 1 amide bonds. The van der Waals surface area contributed by atoms with E-state index in [2.05, 4.69) is 15.6 Å². The van der Waals surface area contributed by atoms with E-state index in [4.69, 9.17) is 14.2 Å². The lowest BCUT2D eigenvalue weighted by atomic mass is 10.2. The first-order chi connectivity index (χ1) is 12.8. The number of carbonyl (C=O) groups is 1. The molecular weight excluding hydrogens is 334 g/mol. The number of nitrogens with zero attached hydrogens (tertiary/aromatic N) is 1. The summed E-state index contributed by atoms with van der Waals surface area (Å²) in [5.74, 6) is 1.38. The minimum atomic E-state index is -0.139. The van der Waals surface area contributed by atoms with Crippen LogP contribution in [0.15, 0.2) is 36.7 Å². The maximum Gasteiger partial charge on any atom is 0.253 e. The van der Waals surface area contributed by atoms with Gasteiger partial charge in [0.25, 0.3) is 5.91 Å². The number of benzene rings is 1. The lowest BCUT2D eigenvalue weighted by Gasteiger charge is -2.12. The first kappa shape index (κ1) is 16.7. The van der Waals surface area contributed by atoms with Gasteiger partial charge in [-0.2, -0.15) is 0 Å². The minimum Gasteiger partial charge on any atom is -0.454 e. The summed E-state index contributed by atoms with van der Waals surface area (Å²) in [5.41, 5.74) is 2.37. The number of rotatable bonds is 6. The molecule has 7 heteroatoms. The van der Waals surface area contributed by atoms with Gasteiger partial charge in [0.2, 0.25) is 6.79 Å². The number of carbonyl (C=O) groups excluding carboxylic acids is 1. The topological polar surface area (TPSA) is 81.7 Å². The van der Waals surface area contributed by atoms with Crippen molar-refractivity contribution in [3.8, 4) is 11.5 Å². The van der Waals surface area contributed by atoms with Crippen molar-refractivity contribution >= 4 is 11.6 Å². The maximum atomic E-state index is 12.3. The molecule has 2 N–H and O–H groups in total. The van der Waals surface area contributed by atoms with E-state index in [1.165, 1.54) is 0 Å². The summed E-state index contributed by atoms with van der Waals surface area (Å²) in [4.78, 5) is 16.4. The number of aromatic nitrogens is 1. The van der Waals surface area contributed by atoms with Crippen molar-refractivity contribution in [1.29, 1.82) is 0 Å². The third kappa shape index (κ3) is 3.88. The van der Waals surface area contributed by atoms with Crippen molar-refractivity contribution in [2.75, 3.05) is 25.3 Å². The summed E-state index contributed by atoms with van der Waals surface area (Å²) >= 11 is 0. The van der Waals surface area contributed by atoms with Crippen LogP contribution in [0.5, 0.6) is 11.5 Å². The van der Waals surface area contributed by atoms with Gasteiger partial charge in [-0.3, -0.25) is 9.78 Å². The van der Waals surface area contributed by atoms with Gasteiger partial charge < -0.3 is 24.8 Å². The number of hydrogen-bond donors (Lipinski definition) is 2. The molecule has 1 aromatic heterocycles. The van der Waals surface area contributed by atoms with Crippen LogP contribution in [0, 0.1) is 0 Å². The minimum absolute atomic E-state index is 0.124. The third-order valence-electron chi connectivity index (χ3n) is 4.45. The summed E-state index contributed by atoms with van der Waals surface area (Å²) in [5, 5.41) is 6.19. The molecule has 2 aliphatic heterocycles. The number of nitrogens with one attached hydrogen (secondary N) is 2. The van der Waals surface area contributed by atoms with Crippen LogP contribution in [-0.2, 0) is 11.3 Å². The molecular formula is C19H21N3O4. The number of fused-ring (bicyclic) bond motifs is 1. The Kier molecular flexibility index (Phi) is 4.88. The average Bonchev–Trinajstić information content (AvgIpc) is 3.35. The molecule has 0 aliphatic carbocycles. The normalized spacial score (nSPS) is 17.9. The predicted octanol–water partition coefficient (Wildman–Crippen LogP) is 2.33. The number of anilines is 1. The van der Waals surface area contributed by atoms with Gasteiger partial charge in [0.1, 0.15) is 0 Å². The summed E-state index contributed by atoms with van der Waals surface area (Å²) in [7, 11) is 0. The van der Waals surface area contributed by atoms with Gasteiger partial charge in [0, 0.05) is 32.1 Å². The van der Waals surface area contributed by atoms with E-state index in [0.717, 1.165) is 42.2 Å². The quantitative estimate of drug-likeness (QED) is 0.828. The monoisotopic (exact) mass is 355 g/mol. The highest BCUT2D eigenvalue weighted by Crippen LogP contribution is 2.32. The van der Waals surface area contributed by atoms with Crippen LogP contribution in [0.25, 0.3) is 0 Å². The average molecular weight is 355 g/mol. The molecule has 0 saturated carbocycles. The van der Waals surface area contributed by atoms with Gasteiger partial charge in [-0.15, -0.1) is 0 Å². The summed E-state index contributed by atoms with van der Waals surface area (Å²) in [6.07, 6.45) is 5.44. The molecule has 1 saturated heterocycles. The molecule has 26 heavy (non-hydrogen) atoms. The molecule has 4 rings (SSSR count). The van der Waals surface area contributed by atoms with Crippen LogP contribution in [0.2, 0.25) is 0 Å². The van der Waals surface area contributed by atoms with Gasteiger partial charge >= 0.3 is 0 Å². The summed E-state index contributed by atoms with van der Waals surface area (Å²) < 4.78 is 16.2. The molecule has 0 bridgehead atoms. The fourth-order valence-corrected chi connectivity index (χ4v) is 3.03. The fraction of sp³-hybridized carbons (Fsp3) is 0.368. The maximum absolute atomic E-state index is 12.3. The van der Waals surface area contributed by atoms with Crippen molar-refractivity contribution in [2.24, 2.45) is 0 Å². The van der Waals surface area contributed by atoms with Crippen LogP contribution >= 0.6 is 0 Å². The van der Waals surface area contributed by atoms with E-state index in [1.807, 2.05) is 18.2 Å². The predicted molar refractivity (Wildman–Crippen MR) is 95.4 cm³/mol. The van der Waals surface area contributed by atoms with Crippen LogP contribution in [0.4, 0.5) is 5.69 Å². The zero-order valence-electron chi connectivity index (χ0n) is 14.4. The highest BCUT2D eigenvalue weighted by Gasteiger charge is 2.17. The van der Waals surface area contributed by atoms with Gasteiger partial charge in [0.05, 0.1) is 17.4 Å². The zero-order chi connectivity index (χ0) is 17.8. The van der Waals surface area contributed by atoms with Crippen molar-refractivity contribution in [2.45, 2.75) is 25.5 Å². The third-order valence-corrected chi connectivity index (χ3v) is 4.45. The highest BCUT2D eigenvalue weighted by atomic mass is 16.7. The molecule has 1 fully saturated rings. The lowest BCUT2D eigenvalue weighted by Crippen LogP contribution is -2.31. The van der Waals surface area contributed by atoms with Gasteiger partial charge in [0.15, 0.2) is 11.5 Å². The highest BCUT2D eigenvalue weighted by molar-refractivity contribution is 5.94. The Morgan fingerprint density at radius 3 is 3.00 bits per heavy atom. The SMILES string of the molecule is O=C(NCC1CCCO1)c1cncc(NCc2ccc3c(c2)OCO3)c1. The Morgan fingerprint density at radius 1 is 1.19 bits per heavy atom. The van der Waals surface area contributed by atoms with Crippen LogP contribution in [-0.4, -0.2) is 36.9 Å². The molecule has 1 unspecified atom stereocenters. The van der Waals surface area contributed by atoms with Crippen molar-refractivity contribution in [3.63, 3.8) is 0 Å². The second kappa shape index (κ2) is 7.61. The number of amides is 1. The zero-order valence-corrected chi connectivity index (χ0v) is 14.4. The largest absolute Gasteiger partial charge is 0.454 e. The molecule has 0 radical (unpaired) electrons. The Morgan fingerprint density at radius 2 is 2.12 bits per heavy atom. The number of ether oxygens (including phenoxy) is 3. The van der Waals surface area contributed by atoms with Crippen molar-refractivity contribution in [1.82, 2.24) is 10.3 Å². The Balaban J connectivity index is 1.34. The van der Waals surface area contributed by atoms with E-state index in [1.54, 1.807) is 18.5 Å². The number of hydrogen-bond acceptors (Lipinski definition) is 6. The second-order valence-electron chi connectivity index (χ2n) is 6.35. The number of pyridine rings is 1. The standard InChI is InChI=1S/C19H21N3O4/c23-19(22-11-16-2-1-5-24-16)14-7-15(10-20-9-14)21-8-13-3-4-17-18(6-13)26-12-25-17/h3-4,6-7,9-10,16,21H,1-2,5,8,11-12H2,(H,22,23). The molecule has 1 atom stereocenters. The smallest absolute Gasteiger partial charge is 0.253 e. The van der Waals surface area contributed by atoms with Crippen LogP contribution in [0.3, 0.4) is 0 Å². The van der Waals surface area contributed by atoms with Crippen molar-refractivity contribution < 1.29 is 19.0 Å². The Hall–Kier alpha value is -2.80. The molecule has 7 nitrogen and oxygen atoms in total. The Bertz CT molecular complexity index is 790. The first-order valence-electron chi connectivity index (χ1n) is 8.75. The van der Waals surface area contributed by atoms with Crippen LogP contribution < -0.4 is 20.1 Å². The van der Waals surface area contributed by atoms with E-state index in [-0.39, 0.29) is 18.8 Å². The molecule has 1 aromatic carbocycles. The molecule has 136 valence electrons. The summed E-state index contributed by atoms with van der Waals surface area (Å²) in [6.45, 7) is 2.17.